The van der Waals surface area contributed by atoms with Crippen molar-refractivity contribution in [2.24, 2.45) is 10.9 Å². The molecule has 10 heteroatoms. The van der Waals surface area contributed by atoms with Crippen molar-refractivity contribution in [2.75, 3.05) is 17.6 Å². The molecule has 1 fully saturated rings. The third-order valence-corrected chi connectivity index (χ3v) is 4.74. The number of thioether (sulfide) groups is 1. The van der Waals surface area contributed by atoms with Gasteiger partial charge >= 0.3 is 12.4 Å². The predicted molar refractivity (Wildman–Crippen MR) is 87.3 cm³/mol. The van der Waals surface area contributed by atoms with Crippen LogP contribution in [0.5, 0.6) is 0 Å². The van der Waals surface area contributed by atoms with Gasteiger partial charge in [-0.3, -0.25) is 4.99 Å². The van der Waals surface area contributed by atoms with Crippen LogP contribution in [0.1, 0.15) is 25.3 Å². The van der Waals surface area contributed by atoms with E-state index in [9.17, 15) is 30.7 Å². The Bertz CT molecular complexity index is 664. The molecule has 1 aromatic carbocycles. The molecule has 0 atom stereocenters. The molecule has 0 radical (unpaired) electrons. The Morgan fingerprint density at radius 1 is 1.15 bits per heavy atom. The lowest BCUT2D eigenvalue weighted by Crippen LogP contribution is -2.20. The molecule has 1 aromatic rings. The second-order valence-corrected chi connectivity index (χ2v) is 6.93. The van der Waals surface area contributed by atoms with Crippen molar-refractivity contribution in [1.82, 2.24) is 0 Å². The van der Waals surface area contributed by atoms with E-state index in [4.69, 9.17) is 0 Å². The number of alkyl halides is 6. The van der Waals surface area contributed by atoms with Crippen molar-refractivity contribution in [3.05, 3.63) is 23.5 Å². The zero-order valence-corrected chi connectivity index (χ0v) is 14.6. The van der Waals surface area contributed by atoms with Crippen LogP contribution in [0.2, 0.25) is 0 Å². The van der Waals surface area contributed by atoms with E-state index in [2.05, 4.69) is 10.3 Å². The van der Waals surface area contributed by atoms with Gasteiger partial charge in [0.05, 0.1) is 11.4 Å². The highest BCUT2D eigenvalue weighted by Gasteiger charge is 2.32. The number of hydrogen-bond acceptors (Lipinski definition) is 2. The fraction of sp³-hybridized carbons (Fsp3) is 0.562. The normalized spacial score (nSPS) is 16.1. The Labute approximate surface area is 150 Å². The van der Waals surface area contributed by atoms with Gasteiger partial charge in [-0.25, -0.2) is 4.39 Å². The number of benzene rings is 1. The molecule has 146 valence electrons. The number of amidine groups is 1. The quantitative estimate of drug-likeness (QED) is 0.280. The molecule has 0 unspecified atom stereocenters. The second kappa shape index (κ2) is 8.06. The molecule has 0 aromatic heterocycles. The van der Waals surface area contributed by atoms with Crippen molar-refractivity contribution >= 4 is 23.3 Å². The summed E-state index contributed by atoms with van der Waals surface area (Å²) in [6.07, 6.45) is -7.28. The summed E-state index contributed by atoms with van der Waals surface area (Å²) in [4.78, 5) is 3.71. The number of nitrogens with zero attached hydrogens (tertiary/aromatic N) is 1. The lowest BCUT2D eigenvalue weighted by molar-refractivity contribution is -0.118. The molecule has 0 saturated heterocycles. The number of aliphatic imine (C=N–C) groups is 1. The Morgan fingerprint density at radius 3 is 2.31 bits per heavy atom. The van der Waals surface area contributed by atoms with E-state index >= 15 is 0 Å². The van der Waals surface area contributed by atoms with Crippen molar-refractivity contribution in [1.29, 1.82) is 0 Å². The average molecular weight is 402 g/mol. The number of hydrogen-bond donors (Lipinski definition) is 1. The van der Waals surface area contributed by atoms with E-state index < -0.39 is 30.5 Å². The lowest BCUT2D eigenvalue weighted by atomic mass is 10.1. The van der Waals surface area contributed by atoms with Gasteiger partial charge < -0.3 is 5.32 Å². The molecule has 1 aliphatic carbocycles. The van der Waals surface area contributed by atoms with Crippen LogP contribution in [-0.4, -0.2) is 30.5 Å². The van der Waals surface area contributed by atoms with Crippen molar-refractivity contribution < 1.29 is 30.7 Å². The number of aryl methyl sites for hydroxylation is 1. The summed E-state index contributed by atoms with van der Waals surface area (Å²) in [6.45, 7) is 0.288. The number of nitrogens with one attached hydrogen (secondary N) is 1. The molecule has 1 saturated carbocycles. The molecule has 2 nitrogen and oxygen atoms in total. The standard InChI is InChI=1S/C16H17F7N2S/c1-2-9-5-11(17)12(6-13(9)26-8-16(21,22)23)25-14(10-3-4-10)24-7-15(18,19)20/h5-6,10H,2-4,7-8H2,1H3,(H,24,25). The van der Waals surface area contributed by atoms with Gasteiger partial charge in [-0.1, -0.05) is 6.92 Å². The van der Waals surface area contributed by atoms with E-state index in [1.54, 1.807) is 6.92 Å². The summed E-state index contributed by atoms with van der Waals surface area (Å²) in [5.74, 6) is -2.08. The lowest BCUT2D eigenvalue weighted by Gasteiger charge is -2.15. The maximum Gasteiger partial charge on any atom is 0.408 e. The molecular weight excluding hydrogens is 385 g/mol. The topological polar surface area (TPSA) is 24.4 Å². The number of halogens is 7. The van der Waals surface area contributed by atoms with E-state index in [1.807, 2.05) is 0 Å². The Kier molecular flexibility index (Phi) is 6.46. The monoisotopic (exact) mass is 402 g/mol. The van der Waals surface area contributed by atoms with Gasteiger partial charge in [0.25, 0.3) is 0 Å². The highest BCUT2D eigenvalue weighted by molar-refractivity contribution is 7.99. The molecular formula is C16H17F7N2S. The minimum absolute atomic E-state index is 0.0113. The second-order valence-electron chi connectivity index (χ2n) is 5.91. The van der Waals surface area contributed by atoms with Gasteiger partial charge in [0.15, 0.2) is 0 Å². The molecule has 1 aliphatic rings. The molecule has 26 heavy (non-hydrogen) atoms. The van der Waals surface area contributed by atoms with Crippen molar-refractivity contribution in [2.45, 2.75) is 43.4 Å². The first-order chi connectivity index (χ1) is 12.0. The molecule has 0 spiro atoms. The van der Waals surface area contributed by atoms with Crippen LogP contribution in [0.3, 0.4) is 0 Å². The van der Waals surface area contributed by atoms with Gasteiger partial charge in [0, 0.05) is 10.8 Å². The van der Waals surface area contributed by atoms with Gasteiger partial charge in [0.1, 0.15) is 18.2 Å². The third-order valence-electron chi connectivity index (χ3n) is 3.58. The minimum Gasteiger partial charge on any atom is -0.341 e. The van der Waals surface area contributed by atoms with Crippen LogP contribution in [0.4, 0.5) is 36.4 Å². The summed E-state index contributed by atoms with van der Waals surface area (Å²) in [5, 5.41) is 2.55. The maximum atomic E-state index is 14.2. The first-order valence-corrected chi connectivity index (χ1v) is 8.87. The summed E-state index contributed by atoms with van der Waals surface area (Å²) >= 11 is 0.519. The van der Waals surface area contributed by atoms with Crippen LogP contribution in [0, 0.1) is 11.7 Å². The molecule has 0 heterocycles. The van der Waals surface area contributed by atoms with Gasteiger partial charge in [-0.05, 0) is 37.0 Å². The van der Waals surface area contributed by atoms with Crippen LogP contribution < -0.4 is 5.32 Å². The summed E-state index contributed by atoms with van der Waals surface area (Å²) in [5.41, 5.74) is 0.238. The average Bonchev–Trinajstić information content (AvgIpc) is 3.34. The Morgan fingerprint density at radius 2 is 1.81 bits per heavy atom. The summed E-state index contributed by atoms with van der Waals surface area (Å²) in [7, 11) is 0. The van der Waals surface area contributed by atoms with Gasteiger partial charge in [-0.15, -0.1) is 11.8 Å². The Balaban J connectivity index is 2.24. The predicted octanol–water partition coefficient (Wildman–Crippen LogP) is 5.83. The number of rotatable bonds is 6. The maximum absolute atomic E-state index is 14.2. The van der Waals surface area contributed by atoms with E-state index in [1.165, 1.54) is 6.07 Å². The van der Waals surface area contributed by atoms with E-state index in [0.29, 0.717) is 36.6 Å². The summed E-state index contributed by atoms with van der Waals surface area (Å²) in [6, 6.07) is 2.31. The Hall–Kier alpha value is -1.45. The van der Waals surface area contributed by atoms with Crippen LogP contribution in [0.25, 0.3) is 0 Å². The smallest absolute Gasteiger partial charge is 0.341 e. The molecule has 0 bridgehead atoms. The first kappa shape index (κ1) is 20.9. The zero-order chi connectivity index (χ0) is 19.5. The van der Waals surface area contributed by atoms with Crippen molar-refractivity contribution in [3.63, 3.8) is 0 Å². The SMILES string of the molecule is CCc1cc(F)c(NC(=NCC(F)(F)F)C2CC2)cc1SCC(F)(F)F. The third kappa shape index (κ3) is 6.69. The first-order valence-electron chi connectivity index (χ1n) is 7.88. The number of anilines is 1. The summed E-state index contributed by atoms with van der Waals surface area (Å²) < 4.78 is 88.7. The molecule has 0 amide bonds. The molecule has 2 rings (SSSR count). The van der Waals surface area contributed by atoms with E-state index in [-0.39, 0.29) is 22.3 Å². The highest BCUT2D eigenvalue weighted by atomic mass is 32.2. The zero-order valence-electron chi connectivity index (χ0n) is 13.8. The highest BCUT2D eigenvalue weighted by Crippen LogP contribution is 2.35. The molecule has 0 aliphatic heterocycles. The van der Waals surface area contributed by atoms with Crippen LogP contribution in [-0.2, 0) is 6.42 Å². The van der Waals surface area contributed by atoms with Crippen LogP contribution in [0.15, 0.2) is 22.0 Å². The largest absolute Gasteiger partial charge is 0.408 e. The van der Waals surface area contributed by atoms with E-state index in [0.717, 1.165) is 6.07 Å². The van der Waals surface area contributed by atoms with Crippen molar-refractivity contribution in [3.8, 4) is 0 Å². The van der Waals surface area contributed by atoms with Crippen LogP contribution >= 0.6 is 11.8 Å². The van der Waals surface area contributed by atoms with Gasteiger partial charge in [-0.2, -0.15) is 26.3 Å². The van der Waals surface area contributed by atoms with Gasteiger partial charge in [0.2, 0.25) is 0 Å². The fourth-order valence-corrected chi connectivity index (χ4v) is 3.11. The minimum atomic E-state index is -4.49. The fourth-order valence-electron chi connectivity index (χ4n) is 2.20. The molecule has 1 N–H and O–H groups in total.